The molecule has 7 heteroatoms. The molecule has 2 N–H and O–H groups in total. The summed E-state index contributed by atoms with van der Waals surface area (Å²) >= 11 is 1.55. The van der Waals surface area contributed by atoms with Crippen LogP contribution < -0.4 is 5.32 Å². The molecule has 22 heavy (non-hydrogen) atoms. The molecule has 0 bridgehead atoms. The van der Waals surface area contributed by atoms with Crippen molar-refractivity contribution in [3.05, 3.63) is 47.3 Å². The maximum atomic E-state index is 12.9. The van der Waals surface area contributed by atoms with Gasteiger partial charge < -0.3 is 10.4 Å². The maximum absolute atomic E-state index is 12.9. The summed E-state index contributed by atoms with van der Waals surface area (Å²) in [6.45, 7) is -1.15. The number of amides is 1. The molecule has 1 heterocycles. The Morgan fingerprint density at radius 3 is 2.41 bits per heavy atom. The Labute approximate surface area is 129 Å². The Balaban J connectivity index is 2.10. The molecule has 1 aromatic carbocycles. The van der Waals surface area contributed by atoms with Gasteiger partial charge in [0, 0.05) is 4.88 Å². The molecule has 2 atom stereocenters. The first-order chi connectivity index (χ1) is 10.5. The molecule has 118 valence electrons. The first-order valence-electron chi connectivity index (χ1n) is 6.49. The Hall–Kier alpha value is -1.86. The van der Waals surface area contributed by atoms with Gasteiger partial charge in [0.05, 0.1) is 6.04 Å². The van der Waals surface area contributed by atoms with Crippen LogP contribution in [0.15, 0.2) is 41.8 Å². The lowest BCUT2D eigenvalue weighted by Crippen LogP contribution is -2.43. The Morgan fingerprint density at radius 1 is 1.23 bits per heavy atom. The fraction of sp³-hybridized carbons (Fsp3) is 0.267. The van der Waals surface area contributed by atoms with Crippen LogP contribution in [0.2, 0.25) is 0 Å². The lowest BCUT2D eigenvalue weighted by Gasteiger charge is -2.21. The third kappa shape index (κ3) is 3.86. The molecule has 0 aliphatic rings. The van der Waals surface area contributed by atoms with E-state index in [-0.39, 0.29) is 0 Å². The molecule has 2 aromatic rings. The predicted molar refractivity (Wildman–Crippen MR) is 78.6 cm³/mol. The highest BCUT2D eigenvalue weighted by molar-refractivity contribution is 7.13. The van der Waals surface area contributed by atoms with Gasteiger partial charge in [0.2, 0.25) is 0 Å². The fourth-order valence-corrected chi connectivity index (χ4v) is 2.70. The first-order valence-corrected chi connectivity index (χ1v) is 7.37. The van der Waals surface area contributed by atoms with Gasteiger partial charge in [0.1, 0.15) is 12.8 Å². The number of rotatable bonds is 6. The van der Waals surface area contributed by atoms with Crippen LogP contribution in [-0.2, 0) is 4.79 Å². The SMILES string of the molecule is O=C(NC(CF)C(O)c1ccc(-c2cccs2)cc1)C(F)F. The zero-order chi connectivity index (χ0) is 16.1. The summed E-state index contributed by atoms with van der Waals surface area (Å²) in [7, 11) is 0. The number of aliphatic hydroxyl groups excluding tert-OH is 1. The molecule has 2 rings (SSSR count). The third-order valence-corrected chi connectivity index (χ3v) is 4.05. The molecule has 2 unspecified atom stereocenters. The maximum Gasteiger partial charge on any atom is 0.315 e. The number of carbonyl (C=O) groups is 1. The number of benzene rings is 1. The summed E-state index contributed by atoms with van der Waals surface area (Å²) in [4.78, 5) is 12.0. The Bertz CT molecular complexity index is 602. The van der Waals surface area contributed by atoms with E-state index in [1.54, 1.807) is 40.9 Å². The Morgan fingerprint density at radius 2 is 1.91 bits per heavy atom. The van der Waals surface area contributed by atoms with Crippen LogP contribution >= 0.6 is 11.3 Å². The topological polar surface area (TPSA) is 49.3 Å². The first kappa shape index (κ1) is 16.5. The molecular formula is C15H14F3NO2S. The second kappa shape index (κ2) is 7.42. The predicted octanol–water partition coefficient (Wildman–Crippen LogP) is 3.17. The zero-order valence-electron chi connectivity index (χ0n) is 11.4. The van der Waals surface area contributed by atoms with Crippen LogP contribution in [0.1, 0.15) is 11.7 Å². The lowest BCUT2D eigenvalue weighted by atomic mass is 10.0. The molecule has 0 spiro atoms. The van der Waals surface area contributed by atoms with Gasteiger partial charge in [0.15, 0.2) is 0 Å². The summed E-state index contributed by atoms with van der Waals surface area (Å²) in [5, 5.41) is 13.8. The Kier molecular flexibility index (Phi) is 5.57. The molecule has 3 nitrogen and oxygen atoms in total. The number of thiophene rings is 1. The lowest BCUT2D eigenvalue weighted by molar-refractivity contribution is -0.133. The molecule has 0 fully saturated rings. The summed E-state index contributed by atoms with van der Waals surface area (Å²) in [5.41, 5.74) is 1.27. The smallest absolute Gasteiger partial charge is 0.315 e. The number of aliphatic hydroxyl groups is 1. The van der Waals surface area contributed by atoms with Gasteiger partial charge >= 0.3 is 6.43 Å². The van der Waals surface area contributed by atoms with E-state index in [0.717, 1.165) is 10.4 Å². The van der Waals surface area contributed by atoms with Crippen molar-refractivity contribution in [1.82, 2.24) is 5.32 Å². The van der Waals surface area contributed by atoms with E-state index in [9.17, 15) is 23.1 Å². The van der Waals surface area contributed by atoms with Gasteiger partial charge in [-0.15, -0.1) is 11.3 Å². The van der Waals surface area contributed by atoms with Gasteiger partial charge in [-0.2, -0.15) is 8.78 Å². The van der Waals surface area contributed by atoms with Crippen LogP contribution in [0.4, 0.5) is 13.2 Å². The van der Waals surface area contributed by atoms with E-state index >= 15 is 0 Å². The second-order valence-electron chi connectivity index (χ2n) is 4.61. The van der Waals surface area contributed by atoms with Crippen molar-refractivity contribution in [3.8, 4) is 10.4 Å². The minimum Gasteiger partial charge on any atom is -0.386 e. The summed E-state index contributed by atoms with van der Waals surface area (Å²) in [5.74, 6) is -1.60. The van der Waals surface area contributed by atoms with Crippen molar-refractivity contribution in [3.63, 3.8) is 0 Å². The number of hydrogen-bond donors (Lipinski definition) is 2. The van der Waals surface area contributed by atoms with Crippen molar-refractivity contribution in [2.75, 3.05) is 6.67 Å². The zero-order valence-corrected chi connectivity index (χ0v) is 12.2. The number of nitrogens with one attached hydrogen (secondary N) is 1. The highest BCUT2D eigenvalue weighted by Crippen LogP contribution is 2.27. The van der Waals surface area contributed by atoms with E-state index in [4.69, 9.17) is 0 Å². The highest BCUT2D eigenvalue weighted by Gasteiger charge is 2.26. The quantitative estimate of drug-likeness (QED) is 0.855. The molecule has 0 aliphatic carbocycles. The molecule has 1 aromatic heterocycles. The van der Waals surface area contributed by atoms with Crippen LogP contribution in [0.3, 0.4) is 0 Å². The molecule has 0 radical (unpaired) electrons. The van der Waals surface area contributed by atoms with E-state index in [1.165, 1.54) is 0 Å². The number of alkyl halides is 3. The average Bonchev–Trinajstić information content (AvgIpc) is 3.06. The molecule has 0 saturated carbocycles. The van der Waals surface area contributed by atoms with Crippen molar-refractivity contribution >= 4 is 17.2 Å². The van der Waals surface area contributed by atoms with Crippen LogP contribution in [-0.4, -0.2) is 30.2 Å². The normalized spacial score (nSPS) is 13.9. The van der Waals surface area contributed by atoms with Gasteiger partial charge in [-0.25, -0.2) is 4.39 Å². The molecule has 0 aliphatic heterocycles. The van der Waals surface area contributed by atoms with Crippen molar-refractivity contribution in [2.24, 2.45) is 0 Å². The molecular weight excluding hydrogens is 315 g/mol. The summed E-state index contributed by atoms with van der Waals surface area (Å²) in [6.07, 6.45) is -4.65. The van der Waals surface area contributed by atoms with Gasteiger partial charge in [0.25, 0.3) is 5.91 Å². The van der Waals surface area contributed by atoms with Crippen molar-refractivity contribution in [1.29, 1.82) is 0 Å². The van der Waals surface area contributed by atoms with E-state index in [0.29, 0.717) is 5.56 Å². The minimum absolute atomic E-state index is 0.345. The van der Waals surface area contributed by atoms with Gasteiger partial charge in [-0.05, 0) is 22.6 Å². The summed E-state index contributed by atoms with van der Waals surface area (Å²) < 4.78 is 37.3. The van der Waals surface area contributed by atoms with E-state index < -0.39 is 31.2 Å². The number of halogens is 3. The average molecular weight is 329 g/mol. The fourth-order valence-electron chi connectivity index (χ4n) is 1.97. The summed E-state index contributed by atoms with van der Waals surface area (Å²) in [6, 6.07) is 9.08. The molecule has 1 amide bonds. The minimum atomic E-state index is -3.25. The second-order valence-corrected chi connectivity index (χ2v) is 5.56. The van der Waals surface area contributed by atoms with Gasteiger partial charge in [-0.1, -0.05) is 30.3 Å². The van der Waals surface area contributed by atoms with Crippen molar-refractivity contribution < 1.29 is 23.1 Å². The van der Waals surface area contributed by atoms with Crippen LogP contribution in [0, 0.1) is 0 Å². The third-order valence-electron chi connectivity index (χ3n) is 3.13. The monoisotopic (exact) mass is 329 g/mol. The standard InChI is InChI=1S/C15H14F3NO2S/c16-8-11(19-15(21)14(17)18)13(20)10-5-3-9(4-6-10)12-2-1-7-22-12/h1-7,11,13-14,20H,8H2,(H,19,21). The van der Waals surface area contributed by atoms with E-state index in [1.807, 2.05) is 17.5 Å². The van der Waals surface area contributed by atoms with Gasteiger partial charge in [-0.3, -0.25) is 4.79 Å². The highest BCUT2D eigenvalue weighted by atomic mass is 32.1. The van der Waals surface area contributed by atoms with Crippen LogP contribution in [0.5, 0.6) is 0 Å². The molecule has 0 saturated heterocycles. The van der Waals surface area contributed by atoms with Crippen LogP contribution in [0.25, 0.3) is 10.4 Å². The largest absolute Gasteiger partial charge is 0.386 e. The van der Waals surface area contributed by atoms with Crippen molar-refractivity contribution in [2.45, 2.75) is 18.6 Å². The van der Waals surface area contributed by atoms with E-state index in [2.05, 4.69) is 0 Å². The number of hydrogen-bond acceptors (Lipinski definition) is 3. The number of carbonyl (C=O) groups excluding carboxylic acids is 1.